The van der Waals surface area contributed by atoms with Crippen molar-refractivity contribution in [3.63, 3.8) is 0 Å². The third kappa shape index (κ3) is 20.4. The van der Waals surface area contributed by atoms with Gasteiger partial charge in [-0.2, -0.15) is 0 Å². The Hall–Kier alpha value is -1.08. The minimum absolute atomic E-state index is 0. The van der Waals surface area contributed by atoms with E-state index in [9.17, 15) is 24.0 Å². The van der Waals surface area contributed by atoms with Crippen LogP contribution in [0.4, 0.5) is 0 Å². The van der Waals surface area contributed by atoms with Crippen molar-refractivity contribution in [2.24, 2.45) is 5.92 Å². The third-order valence-electron chi connectivity index (χ3n) is 5.22. The maximum absolute atomic E-state index is 12.6. The molecule has 5 amide bonds. The second-order valence-electron chi connectivity index (χ2n) is 9.17. The first kappa shape index (κ1) is 40.1. The summed E-state index contributed by atoms with van der Waals surface area (Å²) in [6.45, 7) is 14.0. The molecule has 0 saturated heterocycles. The molecule has 0 aliphatic heterocycles. The molecule has 5 N–H and O–H groups in total. The van der Waals surface area contributed by atoms with Crippen LogP contribution in [0.15, 0.2) is 24.3 Å². The Bertz CT molecular complexity index is 912. The smallest absolute Gasteiger partial charge is 0.242 e. The minimum atomic E-state index is -0.591. The van der Waals surface area contributed by atoms with Crippen molar-refractivity contribution in [2.75, 3.05) is 32.7 Å². The predicted molar refractivity (Wildman–Crippen MR) is 140 cm³/mol. The van der Waals surface area contributed by atoms with Crippen LogP contribution in [0, 0.1) is 99.6 Å². The molecule has 0 spiro atoms. The van der Waals surface area contributed by atoms with Crippen LogP contribution in [0.2, 0.25) is 0 Å². The van der Waals surface area contributed by atoms with Gasteiger partial charge in [0.25, 0.3) is 0 Å². The molecule has 1 atom stereocenters. The van der Waals surface area contributed by atoms with Crippen LogP contribution in [0.3, 0.4) is 0 Å². The molecular weight excluding hydrogens is 791 g/mol. The predicted octanol–water partition coefficient (Wildman–Crippen LogP) is -0.328. The number of carbonyl (C=O) groups is 5. The van der Waals surface area contributed by atoms with E-state index in [1.165, 1.54) is 6.92 Å². The summed E-state index contributed by atoms with van der Waals surface area (Å²) in [6.07, 6.45) is 0.540. The van der Waals surface area contributed by atoms with E-state index in [0.29, 0.717) is 45.7 Å². The molecule has 13 heteroatoms. The van der Waals surface area contributed by atoms with E-state index in [2.05, 4.69) is 40.4 Å². The molecule has 1 aromatic carbocycles. The summed E-state index contributed by atoms with van der Waals surface area (Å²) in [5.41, 5.74) is 1.72. The average molecular weight is 831 g/mol. The number of rotatable bonds is 16. The van der Waals surface area contributed by atoms with E-state index >= 15 is 0 Å². The number of nitrogens with zero attached hydrogens (tertiary/aromatic N) is 1. The summed E-state index contributed by atoms with van der Waals surface area (Å²) in [4.78, 5) is 60.4. The van der Waals surface area contributed by atoms with Crippen LogP contribution < -0.4 is 26.6 Å². The zero-order chi connectivity index (χ0) is 27.8. The molecule has 39 heavy (non-hydrogen) atoms. The molecule has 0 fully saturated rings. The second kappa shape index (κ2) is 22.6. The summed E-state index contributed by atoms with van der Waals surface area (Å²) in [5.74, 6) is -1.28. The normalized spacial score (nSPS) is 10.9. The quantitative estimate of drug-likeness (QED) is 0.144. The molecule has 1 rings (SSSR count). The van der Waals surface area contributed by atoms with Crippen LogP contribution in [0.1, 0.15) is 38.3 Å². The Kier molecular flexibility index (Phi) is 23.2. The number of carbonyl (C=O) groups excluding carboxylic acids is 5. The molecule has 0 unspecified atom stereocenters. The fourth-order valence-electron chi connectivity index (χ4n) is 3.55. The molecule has 0 aliphatic rings. The van der Waals surface area contributed by atoms with Gasteiger partial charge in [-0.05, 0) is 23.5 Å². The zero-order valence-corrected chi connectivity index (χ0v) is 27.3. The van der Waals surface area contributed by atoms with Crippen molar-refractivity contribution in [1.82, 2.24) is 31.5 Å². The van der Waals surface area contributed by atoms with Crippen molar-refractivity contribution < 1.29 is 104 Å². The van der Waals surface area contributed by atoms with E-state index < -0.39 is 17.9 Å². The maximum atomic E-state index is 12.6. The van der Waals surface area contributed by atoms with Crippen LogP contribution >= 0.6 is 0 Å². The number of nitrogens with one attached hydrogen (secondary N) is 5. The maximum Gasteiger partial charge on any atom is 0.242 e. The molecule has 0 aromatic heterocycles. The van der Waals surface area contributed by atoms with Crippen LogP contribution in [-0.2, 0) is 37.1 Å². The van der Waals surface area contributed by atoms with Crippen molar-refractivity contribution in [3.8, 4) is 0 Å². The molecule has 0 radical (unpaired) electrons. The molecule has 0 saturated carbocycles. The molecule has 222 valence electrons. The summed E-state index contributed by atoms with van der Waals surface area (Å²) >= 11 is 0. The molecule has 1 aromatic rings. The Morgan fingerprint density at radius 3 is 1.82 bits per heavy atom. The minimum Gasteiger partial charge on any atom is -0.380 e. The summed E-state index contributed by atoms with van der Waals surface area (Å²) in [5, 5.41) is 13.6. The number of hydrogen-bond donors (Lipinski definition) is 5. The Balaban J connectivity index is 0. The summed E-state index contributed by atoms with van der Waals surface area (Å²) in [6, 6.07) is 6.89. The first-order valence-electron chi connectivity index (χ1n) is 12.3. The summed E-state index contributed by atoms with van der Waals surface area (Å²) < 4.78 is 0. The number of hydrogen-bond acceptors (Lipinski definition) is 6. The van der Waals surface area contributed by atoms with E-state index in [1.807, 2.05) is 38.1 Å². The number of amides is 5. The summed E-state index contributed by atoms with van der Waals surface area (Å²) in [7, 11) is 0. The van der Waals surface area contributed by atoms with Crippen molar-refractivity contribution in [2.45, 2.75) is 46.3 Å². The second-order valence-corrected chi connectivity index (χ2v) is 9.17. The number of benzene rings is 1. The molecule has 0 heterocycles. The SMILES string of the molecule is [CH2-]C(=O)NCCN(CCNC([CH2-])=O)CC(=O)NCc1cccc(CNC(=O)[C@H](CC(C)C)NC(C)=O)c1.[Gd].[Gd]. The van der Waals surface area contributed by atoms with Gasteiger partial charge in [0, 0.05) is 126 Å². The van der Waals surface area contributed by atoms with E-state index in [0.717, 1.165) is 11.1 Å². The van der Waals surface area contributed by atoms with Gasteiger partial charge < -0.3 is 50.0 Å². The van der Waals surface area contributed by atoms with Crippen LogP contribution in [0.25, 0.3) is 0 Å². The molecule has 0 aliphatic carbocycles. The molecular formula is C26H40Gd2N6O5-2. The first-order chi connectivity index (χ1) is 17.5. The molecule has 11 nitrogen and oxygen atoms in total. The monoisotopic (exact) mass is 832 g/mol. The van der Waals surface area contributed by atoms with Crippen molar-refractivity contribution >= 4 is 29.5 Å². The van der Waals surface area contributed by atoms with Gasteiger partial charge >= 0.3 is 0 Å². The van der Waals surface area contributed by atoms with Gasteiger partial charge in [-0.15, -0.1) is 0 Å². The Morgan fingerprint density at radius 2 is 1.36 bits per heavy atom. The fraction of sp³-hybridized carbons (Fsp3) is 0.500. The topological polar surface area (TPSA) is 149 Å². The first-order valence-corrected chi connectivity index (χ1v) is 12.3. The van der Waals surface area contributed by atoms with E-state index in [-0.39, 0.29) is 110 Å². The molecule has 0 bridgehead atoms. The zero-order valence-electron chi connectivity index (χ0n) is 22.7. The van der Waals surface area contributed by atoms with Crippen LogP contribution in [-0.4, -0.2) is 73.2 Å². The van der Waals surface area contributed by atoms with Gasteiger partial charge in [0.1, 0.15) is 6.04 Å². The van der Waals surface area contributed by atoms with Gasteiger partial charge in [-0.1, -0.05) is 38.1 Å². The third-order valence-corrected chi connectivity index (χ3v) is 5.22. The van der Waals surface area contributed by atoms with E-state index in [4.69, 9.17) is 0 Å². The van der Waals surface area contributed by atoms with Gasteiger partial charge in [0.15, 0.2) is 0 Å². The van der Waals surface area contributed by atoms with Crippen LogP contribution in [0.5, 0.6) is 0 Å². The van der Waals surface area contributed by atoms with Gasteiger partial charge in [-0.25, -0.2) is 0 Å². The van der Waals surface area contributed by atoms with Gasteiger partial charge in [0.05, 0.1) is 18.4 Å². The van der Waals surface area contributed by atoms with E-state index in [1.54, 1.807) is 4.90 Å². The van der Waals surface area contributed by atoms with Gasteiger partial charge in [0.2, 0.25) is 17.7 Å². The van der Waals surface area contributed by atoms with Crippen molar-refractivity contribution in [1.29, 1.82) is 0 Å². The Labute approximate surface area is 295 Å². The fourth-order valence-corrected chi connectivity index (χ4v) is 3.55. The Morgan fingerprint density at radius 1 is 0.846 bits per heavy atom. The van der Waals surface area contributed by atoms with Gasteiger partial charge in [-0.3, -0.25) is 19.3 Å². The largest absolute Gasteiger partial charge is 0.380 e. The standard InChI is InChI=1S/C26H40N6O5.2Gd/c1-18(2)13-24(31-21(5)35)26(37)30-16-23-8-6-7-22(14-23)15-29-25(36)17-32(11-9-27-19(3)33)12-10-28-20(4)34;;/h6-8,14,18,24H,3-4,9-13,15-17H2,1-2,5H3,(H,27,33)(H,28,34)(H,29,36)(H,30,37)(H,31,35);;/q-2;;/t24-;;/m0../s1. The average Bonchev–Trinajstić information content (AvgIpc) is 2.80. The van der Waals surface area contributed by atoms with Crippen molar-refractivity contribution in [3.05, 3.63) is 49.2 Å².